The van der Waals surface area contributed by atoms with E-state index in [-0.39, 0.29) is 18.3 Å². The summed E-state index contributed by atoms with van der Waals surface area (Å²) < 4.78 is 11.7. The molecule has 98 valence electrons. The summed E-state index contributed by atoms with van der Waals surface area (Å²) in [7, 11) is 0. The van der Waals surface area contributed by atoms with Crippen LogP contribution in [-0.2, 0) is 4.74 Å². The molecule has 0 aromatic heterocycles. The highest BCUT2D eigenvalue weighted by atomic mass is 32.1. The lowest BCUT2D eigenvalue weighted by molar-refractivity contribution is -0.0721. The van der Waals surface area contributed by atoms with Gasteiger partial charge in [-0.25, -0.2) is 0 Å². The SMILES string of the molecule is CC1CC(Oc2ccccc2C(N)=S)CC(C)O1. The van der Waals surface area contributed by atoms with E-state index in [4.69, 9.17) is 27.4 Å². The minimum atomic E-state index is 0.166. The Morgan fingerprint density at radius 3 is 2.50 bits per heavy atom. The maximum atomic E-state index is 6.04. The van der Waals surface area contributed by atoms with E-state index < -0.39 is 0 Å². The summed E-state index contributed by atoms with van der Waals surface area (Å²) in [6.07, 6.45) is 2.43. The maximum Gasteiger partial charge on any atom is 0.129 e. The number of nitrogens with two attached hydrogens (primary N) is 1. The molecule has 2 N–H and O–H groups in total. The number of para-hydroxylation sites is 1. The second kappa shape index (κ2) is 5.67. The Morgan fingerprint density at radius 1 is 1.28 bits per heavy atom. The van der Waals surface area contributed by atoms with Crippen LogP contribution in [0.15, 0.2) is 24.3 Å². The first-order chi connectivity index (χ1) is 8.56. The van der Waals surface area contributed by atoms with Crippen LogP contribution in [0.2, 0.25) is 0 Å². The molecule has 0 saturated carbocycles. The molecule has 3 nitrogen and oxygen atoms in total. The minimum Gasteiger partial charge on any atom is -0.489 e. The summed E-state index contributed by atoms with van der Waals surface area (Å²) in [4.78, 5) is 0.374. The smallest absolute Gasteiger partial charge is 0.129 e. The summed E-state index contributed by atoms with van der Waals surface area (Å²) in [5.41, 5.74) is 6.51. The molecule has 2 rings (SSSR count). The first kappa shape index (κ1) is 13.3. The van der Waals surface area contributed by atoms with E-state index in [0.29, 0.717) is 4.99 Å². The average Bonchev–Trinajstić information content (AvgIpc) is 2.27. The van der Waals surface area contributed by atoms with E-state index in [2.05, 4.69) is 13.8 Å². The zero-order chi connectivity index (χ0) is 13.1. The fraction of sp³-hybridized carbons (Fsp3) is 0.500. The molecule has 1 fully saturated rings. The normalized spacial score (nSPS) is 27.8. The second-order valence-electron chi connectivity index (χ2n) is 4.83. The van der Waals surface area contributed by atoms with Crippen molar-refractivity contribution < 1.29 is 9.47 Å². The first-order valence-electron chi connectivity index (χ1n) is 6.27. The van der Waals surface area contributed by atoms with E-state index in [9.17, 15) is 0 Å². The Hall–Kier alpha value is -1.13. The monoisotopic (exact) mass is 265 g/mol. The number of hydrogen-bond donors (Lipinski definition) is 1. The third kappa shape index (κ3) is 3.21. The molecule has 1 aliphatic rings. The molecule has 2 unspecified atom stereocenters. The molecular formula is C14H19NO2S. The third-order valence-electron chi connectivity index (χ3n) is 3.10. The van der Waals surface area contributed by atoms with Crippen molar-refractivity contribution in [3.8, 4) is 5.75 Å². The highest BCUT2D eigenvalue weighted by molar-refractivity contribution is 7.80. The zero-order valence-corrected chi connectivity index (χ0v) is 11.6. The lowest BCUT2D eigenvalue weighted by Gasteiger charge is -2.32. The van der Waals surface area contributed by atoms with Crippen LogP contribution < -0.4 is 10.5 Å². The summed E-state index contributed by atoms with van der Waals surface area (Å²) >= 11 is 5.04. The Bertz CT molecular complexity index is 426. The zero-order valence-electron chi connectivity index (χ0n) is 10.8. The van der Waals surface area contributed by atoms with Gasteiger partial charge in [0.2, 0.25) is 0 Å². The van der Waals surface area contributed by atoms with Gasteiger partial charge in [0.25, 0.3) is 0 Å². The fourth-order valence-corrected chi connectivity index (χ4v) is 2.56. The molecule has 0 radical (unpaired) electrons. The molecule has 0 spiro atoms. The number of benzene rings is 1. The molecule has 4 heteroatoms. The molecular weight excluding hydrogens is 246 g/mol. The molecule has 18 heavy (non-hydrogen) atoms. The molecule has 0 bridgehead atoms. The quantitative estimate of drug-likeness (QED) is 0.853. The molecule has 2 atom stereocenters. The average molecular weight is 265 g/mol. The van der Waals surface area contributed by atoms with Crippen LogP contribution in [0, 0.1) is 0 Å². The Kier molecular flexibility index (Phi) is 4.19. The summed E-state index contributed by atoms with van der Waals surface area (Å²) in [6.45, 7) is 4.15. The molecule has 1 aliphatic heterocycles. The van der Waals surface area contributed by atoms with E-state index in [1.54, 1.807) is 0 Å². The summed E-state index contributed by atoms with van der Waals surface area (Å²) in [5.74, 6) is 0.774. The fourth-order valence-electron chi connectivity index (χ4n) is 2.39. The van der Waals surface area contributed by atoms with Crippen molar-refractivity contribution in [1.82, 2.24) is 0 Å². The Labute approximate surface area is 113 Å². The summed E-state index contributed by atoms with van der Waals surface area (Å²) in [5, 5.41) is 0. The van der Waals surface area contributed by atoms with Gasteiger partial charge in [0.15, 0.2) is 0 Å². The topological polar surface area (TPSA) is 44.5 Å². The van der Waals surface area contributed by atoms with Crippen LogP contribution in [0.1, 0.15) is 32.3 Å². The van der Waals surface area contributed by atoms with Gasteiger partial charge in [-0.15, -0.1) is 0 Å². The van der Waals surface area contributed by atoms with Gasteiger partial charge in [-0.2, -0.15) is 0 Å². The van der Waals surface area contributed by atoms with Crippen molar-refractivity contribution in [2.45, 2.75) is 45.0 Å². The lowest BCUT2D eigenvalue weighted by Crippen LogP contribution is -2.36. The molecule has 1 saturated heterocycles. The van der Waals surface area contributed by atoms with Crippen molar-refractivity contribution in [3.05, 3.63) is 29.8 Å². The number of ether oxygens (including phenoxy) is 2. The molecule has 1 aromatic rings. The van der Waals surface area contributed by atoms with E-state index in [1.807, 2.05) is 24.3 Å². The predicted octanol–water partition coefficient (Wildman–Crippen LogP) is 2.66. The van der Waals surface area contributed by atoms with Crippen molar-refractivity contribution in [3.63, 3.8) is 0 Å². The van der Waals surface area contributed by atoms with Gasteiger partial charge >= 0.3 is 0 Å². The van der Waals surface area contributed by atoms with Gasteiger partial charge in [-0.3, -0.25) is 0 Å². The van der Waals surface area contributed by atoms with E-state index in [0.717, 1.165) is 24.2 Å². The van der Waals surface area contributed by atoms with Gasteiger partial charge in [-0.1, -0.05) is 24.4 Å². The van der Waals surface area contributed by atoms with E-state index in [1.165, 1.54) is 0 Å². The maximum absolute atomic E-state index is 6.04. The second-order valence-corrected chi connectivity index (χ2v) is 5.27. The van der Waals surface area contributed by atoms with Crippen LogP contribution in [0.3, 0.4) is 0 Å². The van der Waals surface area contributed by atoms with Crippen molar-refractivity contribution in [2.75, 3.05) is 0 Å². The highest BCUT2D eigenvalue weighted by Crippen LogP contribution is 2.26. The van der Waals surface area contributed by atoms with Gasteiger partial charge in [-0.05, 0) is 26.0 Å². The number of hydrogen-bond acceptors (Lipinski definition) is 3. The van der Waals surface area contributed by atoms with Crippen molar-refractivity contribution in [2.24, 2.45) is 5.73 Å². The van der Waals surface area contributed by atoms with Gasteiger partial charge in [0.1, 0.15) is 16.8 Å². The number of thiocarbonyl (C=S) groups is 1. The lowest BCUT2D eigenvalue weighted by atomic mass is 10.0. The van der Waals surface area contributed by atoms with Crippen molar-refractivity contribution in [1.29, 1.82) is 0 Å². The van der Waals surface area contributed by atoms with Gasteiger partial charge < -0.3 is 15.2 Å². The number of rotatable bonds is 3. The highest BCUT2D eigenvalue weighted by Gasteiger charge is 2.26. The molecule has 1 aromatic carbocycles. The minimum absolute atomic E-state index is 0.166. The molecule has 1 heterocycles. The standard InChI is InChI=1S/C14H19NO2S/c1-9-7-11(8-10(2)16-9)17-13-6-4-3-5-12(13)14(15)18/h3-6,9-11H,7-8H2,1-2H3,(H2,15,18). The van der Waals surface area contributed by atoms with Gasteiger partial charge in [0, 0.05) is 12.8 Å². The third-order valence-corrected chi connectivity index (χ3v) is 3.32. The Balaban J connectivity index is 2.11. The van der Waals surface area contributed by atoms with Crippen molar-refractivity contribution >= 4 is 17.2 Å². The largest absolute Gasteiger partial charge is 0.489 e. The van der Waals surface area contributed by atoms with Crippen LogP contribution in [0.25, 0.3) is 0 Å². The van der Waals surface area contributed by atoms with Crippen LogP contribution >= 0.6 is 12.2 Å². The van der Waals surface area contributed by atoms with Gasteiger partial charge in [0.05, 0.1) is 17.8 Å². The van der Waals surface area contributed by atoms with Crippen LogP contribution in [0.5, 0.6) is 5.75 Å². The molecule has 0 amide bonds. The molecule has 0 aliphatic carbocycles. The van der Waals surface area contributed by atoms with Crippen LogP contribution in [-0.4, -0.2) is 23.3 Å². The summed E-state index contributed by atoms with van der Waals surface area (Å²) in [6, 6.07) is 7.66. The first-order valence-corrected chi connectivity index (χ1v) is 6.68. The Morgan fingerprint density at radius 2 is 1.89 bits per heavy atom. The van der Waals surface area contributed by atoms with E-state index >= 15 is 0 Å². The predicted molar refractivity (Wildman–Crippen MR) is 76.0 cm³/mol. The van der Waals surface area contributed by atoms with Crippen LogP contribution in [0.4, 0.5) is 0 Å².